The van der Waals surface area contributed by atoms with E-state index in [1.807, 2.05) is 6.92 Å². The van der Waals surface area contributed by atoms with Crippen LogP contribution >= 0.6 is 0 Å². The van der Waals surface area contributed by atoms with Gasteiger partial charge in [-0.1, -0.05) is 0 Å². The van der Waals surface area contributed by atoms with E-state index in [1.165, 1.54) is 20.4 Å². The molecule has 1 aromatic heterocycles. The number of ether oxygens (including phenoxy) is 5. The number of pyridine rings is 1. The number of amides is 1. The summed E-state index contributed by atoms with van der Waals surface area (Å²) in [5, 5.41) is 3.06. The van der Waals surface area contributed by atoms with E-state index in [0.29, 0.717) is 65.3 Å². The second-order valence-electron chi connectivity index (χ2n) is 8.95. The van der Waals surface area contributed by atoms with E-state index in [2.05, 4.69) is 5.32 Å². The Kier molecular flexibility index (Phi) is 7.59. The fourth-order valence-corrected chi connectivity index (χ4v) is 4.48. The summed E-state index contributed by atoms with van der Waals surface area (Å²) in [5.74, 6) is 1.62. The van der Waals surface area contributed by atoms with E-state index in [9.17, 15) is 14.4 Å². The standard InChI is InChI=1S/C30H28N2O8/c1-4-38-20-7-5-18(6-8-20)29(34)24-16-32(17-28(33)31-19-11-21(36-2)13-22(12-19)37-3)25-15-27-26(39-9-10-40-27)14-23(25)30(24)35/h5-8,11-16H,4,9-10,17H2,1-3H3,(H,31,33). The van der Waals surface area contributed by atoms with Crippen molar-refractivity contribution in [2.75, 3.05) is 39.4 Å². The average molecular weight is 545 g/mol. The van der Waals surface area contributed by atoms with Gasteiger partial charge in [-0.15, -0.1) is 0 Å². The highest BCUT2D eigenvalue weighted by atomic mass is 16.6. The van der Waals surface area contributed by atoms with E-state index in [-0.39, 0.29) is 17.5 Å². The Morgan fingerprint density at radius 3 is 2.17 bits per heavy atom. The number of nitrogens with one attached hydrogen (secondary N) is 1. The van der Waals surface area contributed by atoms with Gasteiger partial charge in [0, 0.05) is 41.7 Å². The largest absolute Gasteiger partial charge is 0.497 e. The zero-order chi connectivity index (χ0) is 28.2. The molecular formula is C30H28N2O8. The van der Waals surface area contributed by atoms with Crippen LogP contribution in [-0.2, 0) is 11.3 Å². The van der Waals surface area contributed by atoms with Crippen LogP contribution < -0.4 is 34.4 Å². The molecule has 1 amide bonds. The number of hydrogen-bond acceptors (Lipinski definition) is 8. The third kappa shape index (κ3) is 5.42. The second kappa shape index (κ2) is 11.4. The molecule has 206 valence electrons. The molecule has 1 aliphatic rings. The maximum absolute atomic E-state index is 13.6. The third-order valence-corrected chi connectivity index (χ3v) is 6.37. The fraction of sp³-hybridized carbons (Fsp3) is 0.233. The smallest absolute Gasteiger partial charge is 0.244 e. The van der Waals surface area contributed by atoms with Crippen LogP contribution in [0, 0.1) is 0 Å². The maximum Gasteiger partial charge on any atom is 0.244 e. The molecule has 10 nitrogen and oxygen atoms in total. The Labute approximate surface area is 230 Å². The van der Waals surface area contributed by atoms with Crippen LogP contribution in [0.3, 0.4) is 0 Å². The molecule has 1 aliphatic heterocycles. The molecule has 0 saturated heterocycles. The molecular weight excluding hydrogens is 516 g/mol. The SMILES string of the molecule is CCOc1ccc(C(=O)c2cn(CC(=O)Nc3cc(OC)cc(OC)c3)c3cc4c(cc3c2=O)OCCO4)cc1. The topological polar surface area (TPSA) is 114 Å². The molecule has 40 heavy (non-hydrogen) atoms. The van der Waals surface area contributed by atoms with Gasteiger partial charge in [0.1, 0.15) is 37.0 Å². The minimum atomic E-state index is -0.475. The van der Waals surface area contributed by atoms with Crippen LogP contribution in [0.2, 0.25) is 0 Å². The summed E-state index contributed by atoms with van der Waals surface area (Å²) in [4.78, 5) is 40.3. The highest BCUT2D eigenvalue weighted by Gasteiger charge is 2.22. The van der Waals surface area contributed by atoms with Crippen molar-refractivity contribution in [3.8, 4) is 28.7 Å². The number of carbonyl (C=O) groups excluding carboxylic acids is 2. The number of methoxy groups -OCH3 is 2. The van der Waals surface area contributed by atoms with E-state index in [4.69, 9.17) is 23.7 Å². The van der Waals surface area contributed by atoms with Gasteiger partial charge < -0.3 is 33.6 Å². The summed E-state index contributed by atoms with van der Waals surface area (Å²) >= 11 is 0. The minimum Gasteiger partial charge on any atom is -0.497 e. The number of fused-ring (bicyclic) bond motifs is 2. The summed E-state index contributed by atoms with van der Waals surface area (Å²) in [5.41, 5.74) is 0.656. The van der Waals surface area contributed by atoms with Crippen LogP contribution in [-0.4, -0.2) is 50.3 Å². The van der Waals surface area contributed by atoms with Crippen molar-refractivity contribution in [1.29, 1.82) is 0 Å². The van der Waals surface area contributed by atoms with Gasteiger partial charge in [0.05, 0.1) is 37.3 Å². The number of aromatic nitrogens is 1. The number of nitrogens with zero attached hydrogens (tertiary/aromatic N) is 1. The van der Waals surface area contributed by atoms with Gasteiger partial charge in [-0.3, -0.25) is 14.4 Å². The highest BCUT2D eigenvalue weighted by Crippen LogP contribution is 2.34. The predicted molar refractivity (Wildman–Crippen MR) is 148 cm³/mol. The van der Waals surface area contributed by atoms with Gasteiger partial charge in [0.25, 0.3) is 0 Å². The van der Waals surface area contributed by atoms with Crippen molar-refractivity contribution in [3.63, 3.8) is 0 Å². The molecule has 0 radical (unpaired) electrons. The first-order chi connectivity index (χ1) is 19.4. The van der Waals surface area contributed by atoms with Crippen molar-refractivity contribution in [3.05, 3.63) is 82.1 Å². The van der Waals surface area contributed by atoms with Crippen LogP contribution in [0.25, 0.3) is 10.9 Å². The third-order valence-electron chi connectivity index (χ3n) is 6.37. The molecule has 0 unspecified atom stereocenters. The second-order valence-corrected chi connectivity index (χ2v) is 8.95. The Bertz CT molecular complexity index is 1620. The Balaban J connectivity index is 1.55. The van der Waals surface area contributed by atoms with Crippen molar-refractivity contribution in [2.45, 2.75) is 13.5 Å². The molecule has 0 atom stereocenters. The summed E-state index contributed by atoms with van der Waals surface area (Å²) < 4.78 is 29.0. The first-order valence-electron chi connectivity index (χ1n) is 12.7. The van der Waals surface area contributed by atoms with Crippen molar-refractivity contribution in [1.82, 2.24) is 4.57 Å². The van der Waals surface area contributed by atoms with Crippen molar-refractivity contribution >= 4 is 28.3 Å². The normalized spacial score (nSPS) is 12.1. The summed E-state index contributed by atoms with van der Waals surface area (Å²) in [6.07, 6.45) is 1.41. The van der Waals surface area contributed by atoms with Crippen LogP contribution in [0.4, 0.5) is 5.69 Å². The number of ketones is 1. The molecule has 4 aromatic rings. The molecule has 2 heterocycles. The summed E-state index contributed by atoms with van der Waals surface area (Å²) in [7, 11) is 3.03. The number of benzene rings is 3. The molecule has 10 heteroatoms. The molecule has 0 bridgehead atoms. The molecule has 0 aliphatic carbocycles. The summed E-state index contributed by atoms with van der Waals surface area (Å²) in [6, 6.07) is 14.8. The van der Waals surface area contributed by atoms with Crippen molar-refractivity contribution < 1.29 is 33.3 Å². The van der Waals surface area contributed by atoms with Crippen molar-refractivity contribution in [2.24, 2.45) is 0 Å². The minimum absolute atomic E-state index is 0.0795. The first-order valence-corrected chi connectivity index (χ1v) is 12.7. The number of anilines is 1. The maximum atomic E-state index is 13.6. The highest BCUT2D eigenvalue weighted by molar-refractivity contribution is 6.10. The number of hydrogen-bond donors (Lipinski definition) is 1. The van der Waals surface area contributed by atoms with Crippen LogP contribution in [0.15, 0.2) is 65.6 Å². The van der Waals surface area contributed by atoms with Gasteiger partial charge in [-0.2, -0.15) is 0 Å². The zero-order valence-electron chi connectivity index (χ0n) is 22.3. The lowest BCUT2D eigenvalue weighted by atomic mass is 10.0. The zero-order valence-corrected chi connectivity index (χ0v) is 22.3. The van der Waals surface area contributed by atoms with Gasteiger partial charge >= 0.3 is 0 Å². The molecule has 0 spiro atoms. The molecule has 1 N–H and O–H groups in total. The molecule has 3 aromatic carbocycles. The quantitative estimate of drug-likeness (QED) is 0.314. The number of rotatable bonds is 9. The lowest BCUT2D eigenvalue weighted by Crippen LogP contribution is -2.25. The van der Waals surface area contributed by atoms with Crippen LogP contribution in [0.5, 0.6) is 28.7 Å². The lowest BCUT2D eigenvalue weighted by Gasteiger charge is -2.20. The van der Waals surface area contributed by atoms with Gasteiger partial charge in [0.2, 0.25) is 11.3 Å². The number of carbonyl (C=O) groups is 2. The molecule has 0 saturated carbocycles. The van der Waals surface area contributed by atoms with Crippen LogP contribution in [0.1, 0.15) is 22.8 Å². The average Bonchev–Trinajstić information content (AvgIpc) is 2.97. The van der Waals surface area contributed by atoms with E-state index >= 15 is 0 Å². The Hall–Kier alpha value is -4.99. The first kappa shape index (κ1) is 26.6. The molecule has 0 fully saturated rings. The Morgan fingerprint density at radius 2 is 1.55 bits per heavy atom. The van der Waals surface area contributed by atoms with Gasteiger partial charge in [-0.25, -0.2) is 0 Å². The monoisotopic (exact) mass is 544 g/mol. The van der Waals surface area contributed by atoms with E-state index in [1.54, 1.807) is 59.2 Å². The fourth-order valence-electron chi connectivity index (χ4n) is 4.48. The van der Waals surface area contributed by atoms with E-state index < -0.39 is 17.1 Å². The lowest BCUT2D eigenvalue weighted by molar-refractivity contribution is -0.116. The van der Waals surface area contributed by atoms with Gasteiger partial charge in [0.15, 0.2) is 17.3 Å². The predicted octanol–water partition coefficient (Wildman–Crippen LogP) is 4.06. The summed E-state index contributed by atoms with van der Waals surface area (Å²) in [6.45, 7) is 2.85. The molecule has 5 rings (SSSR count). The van der Waals surface area contributed by atoms with E-state index in [0.717, 1.165) is 0 Å². The Morgan fingerprint density at radius 1 is 0.900 bits per heavy atom. The van der Waals surface area contributed by atoms with Gasteiger partial charge in [-0.05, 0) is 37.3 Å².